The molecule has 0 bridgehead atoms. The molecular formula is C14H14N4O4. The number of phenolic OH excluding ortho intramolecular Hbond substituents is 1. The van der Waals surface area contributed by atoms with Gasteiger partial charge in [0.25, 0.3) is 11.5 Å². The Hall–Kier alpha value is -3.16. The maximum atomic E-state index is 12.0. The molecule has 0 aliphatic carbocycles. The lowest BCUT2D eigenvalue weighted by molar-refractivity contribution is 0.0945. The van der Waals surface area contributed by atoms with Gasteiger partial charge in [0.1, 0.15) is 11.4 Å². The van der Waals surface area contributed by atoms with Gasteiger partial charge in [-0.25, -0.2) is 10.2 Å². The van der Waals surface area contributed by atoms with Crippen LogP contribution < -0.4 is 16.7 Å². The second-order valence-corrected chi connectivity index (χ2v) is 4.53. The van der Waals surface area contributed by atoms with Gasteiger partial charge >= 0.3 is 5.69 Å². The zero-order valence-corrected chi connectivity index (χ0v) is 12.0. The zero-order chi connectivity index (χ0) is 16.3. The molecule has 114 valence electrons. The summed E-state index contributed by atoms with van der Waals surface area (Å²) in [6, 6.07) is 7.49. The molecule has 8 heteroatoms. The monoisotopic (exact) mass is 302 g/mol. The van der Waals surface area contributed by atoms with Gasteiger partial charge in [-0.15, -0.1) is 0 Å². The normalized spacial score (nSPS) is 10.8. The molecule has 0 atom stereocenters. The molecule has 0 saturated carbocycles. The van der Waals surface area contributed by atoms with Crippen molar-refractivity contribution in [1.29, 1.82) is 0 Å². The average Bonchev–Trinajstić information content (AvgIpc) is 2.50. The number of carbonyl (C=O) groups is 1. The number of benzene rings is 1. The standard InChI is InChI=1S/C14H14N4O4/c1-17-10(7-12(20)18(2)14(17)22)13(21)16-15-8-9-5-3-4-6-11(9)19/h3-8,19H,1-2H3,(H,16,21)/b15-8+. The van der Waals surface area contributed by atoms with E-state index in [0.717, 1.165) is 15.2 Å². The molecule has 1 aromatic heterocycles. The molecule has 22 heavy (non-hydrogen) atoms. The summed E-state index contributed by atoms with van der Waals surface area (Å²) in [5.41, 5.74) is 1.32. The summed E-state index contributed by atoms with van der Waals surface area (Å²) in [6.07, 6.45) is 1.26. The van der Waals surface area contributed by atoms with E-state index in [1.54, 1.807) is 18.2 Å². The number of amides is 1. The van der Waals surface area contributed by atoms with Gasteiger partial charge in [-0.1, -0.05) is 12.1 Å². The second kappa shape index (κ2) is 6.08. The van der Waals surface area contributed by atoms with Gasteiger partial charge in [0.05, 0.1) is 6.21 Å². The van der Waals surface area contributed by atoms with Crippen LogP contribution in [0.3, 0.4) is 0 Å². The fourth-order valence-corrected chi connectivity index (χ4v) is 1.77. The molecule has 0 saturated heterocycles. The molecule has 2 rings (SSSR count). The van der Waals surface area contributed by atoms with Crippen LogP contribution in [0.1, 0.15) is 16.1 Å². The van der Waals surface area contributed by atoms with E-state index in [1.807, 2.05) is 0 Å². The highest BCUT2D eigenvalue weighted by Gasteiger charge is 2.12. The number of rotatable bonds is 3. The van der Waals surface area contributed by atoms with Gasteiger partial charge in [-0.2, -0.15) is 5.10 Å². The van der Waals surface area contributed by atoms with E-state index in [2.05, 4.69) is 10.5 Å². The fourth-order valence-electron chi connectivity index (χ4n) is 1.77. The van der Waals surface area contributed by atoms with Crippen molar-refractivity contribution in [2.75, 3.05) is 0 Å². The number of hydrogen-bond acceptors (Lipinski definition) is 5. The molecule has 2 N–H and O–H groups in total. The zero-order valence-electron chi connectivity index (χ0n) is 12.0. The van der Waals surface area contributed by atoms with Crippen molar-refractivity contribution in [3.05, 3.63) is 62.4 Å². The van der Waals surface area contributed by atoms with Gasteiger partial charge in [0.15, 0.2) is 0 Å². The lowest BCUT2D eigenvalue weighted by Crippen LogP contribution is -2.40. The van der Waals surface area contributed by atoms with Crippen LogP contribution in [0.5, 0.6) is 5.75 Å². The SMILES string of the molecule is Cn1c(C(=O)N/N=C/c2ccccc2O)cc(=O)n(C)c1=O. The molecule has 2 aromatic rings. The molecule has 1 aromatic carbocycles. The summed E-state index contributed by atoms with van der Waals surface area (Å²) in [4.78, 5) is 35.2. The third-order valence-electron chi connectivity index (χ3n) is 3.07. The highest BCUT2D eigenvalue weighted by Crippen LogP contribution is 2.12. The highest BCUT2D eigenvalue weighted by atomic mass is 16.3. The molecule has 0 radical (unpaired) electrons. The topological polar surface area (TPSA) is 106 Å². The molecule has 0 spiro atoms. The van der Waals surface area contributed by atoms with Gasteiger partial charge in [-0.05, 0) is 12.1 Å². The summed E-state index contributed by atoms with van der Waals surface area (Å²) in [6.45, 7) is 0. The Balaban J connectivity index is 2.23. The summed E-state index contributed by atoms with van der Waals surface area (Å²) in [5, 5.41) is 13.2. The number of nitrogens with one attached hydrogen (secondary N) is 1. The highest BCUT2D eigenvalue weighted by molar-refractivity contribution is 5.93. The van der Waals surface area contributed by atoms with Crippen LogP contribution in [0, 0.1) is 0 Å². The average molecular weight is 302 g/mol. The van der Waals surface area contributed by atoms with E-state index in [9.17, 15) is 19.5 Å². The fraction of sp³-hybridized carbons (Fsp3) is 0.143. The Morgan fingerprint density at radius 3 is 2.59 bits per heavy atom. The number of carbonyl (C=O) groups excluding carboxylic acids is 1. The van der Waals surface area contributed by atoms with Crippen molar-refractivity contribution in [1.82, 2.24) is 14.6 Å². The number of para-hydroxylation sites is 1. The Labute approximate surface area is 125 Å². The molecule has 0 aliphatic heterocycles. The summed E-state index contributed by atoms with van der Waals surface area (Å²) in [5.74, 6) is -0.689. The first-order chi connectivity index (χ1) is 10.4. The molecule has 0 aliphatic rings. The van der Waals surface area contributed by atoms with Crippen LogP contribution in [0.15, 0.2) is 45.0 Å². The van der Waals surface area contributed by atoms with Crippen LogP contribution in [-0.4, -0.2) is 26.4 Å². The van der Waals surface area contributed by atoms with E-state index in [0.29, 0.717) is 5.56 Å². The van der Waals surface area contributed by atoms with Crippen LogP contribution in [-0.2, 0) is 14.1 Å². The molecule has 8 nitrogen and oxygen atoms in total. The summed E-state index contributed by atoms with van der Waals surface area (Å²) in [7, 11) is 2.70. The third-order valence-corrected chi connectivity index (χ3v) is 3.07. The number of phenols is 1. The smallest absolute Gasteiger partial charge is 0.331 e. The lowest BCUT2D eigenvalue weighted by atomic mass is 10.2. The molecule has 1 heterocycles. The van der Waals surface area contributed by atoms with E-state index >= 15 is 0 Å². The number of hydrazone groups is 1. The van der Waals surface area contributed by atoms with Gasteiger partial charge in [0, 0.05) is 25.7 Å². The predicted molar refractivity (Wildman–Crippen MR) is 80.1 cm³/mol. The first kappa shape index (κ1) is 15.2. The largest absolute Gasteiger partial charge is 0.507 e. The van der Waals surface area contributed by atoms with E-state index < -0.39 is 17.2 Å². The Bertz CT molecular complexity index is 864. The number of aromatic nitrogens is 2. The predicted octanol–water partition coefficient (Wildman–Crippen LogP) is -0.447. The first-order valence-corrected chi connectivity index (χ1v) is 6.30. The molecule has 1 amide bonds. The maximum Gasteiger partial charge on any atom is 0.331 e. The maximum absolute atomic E-state index is 12.0. The van der Waals surface area contributed by atoms with Crippen LogP contribution in [0.25, 0.3) is 0 Å². The van der Waals surface area contributed by atoms with Crippen molar-refractivity contribution in [2.24, 2.45) is 19.2 Å². The Morgan fingerprint density at radius 2 is 1.91 bits per heavy atom. The van der Waals surface area contributed by atoms with Crippen molar-refractivity contribution in [3.8, 4) is 5.75 Å². The van der Waals surface area contributed by atoms with Crippen LogP contribution in [0.4, 0.5) is 0 Å². The molecule has 0 unspecified atom stereocenters. The van der Waals surface area contributed by atoms with Crippen molar-refractivity contribution >= 4 is 12.1 Å². The minimum atomic E-state index is -0.705. The quantitative estimate of drug-likeness (QED) is 0.592. The number of aromatic hydroxyl groups is 1. The number of hydrogen-bond donors (Lipinski definition) is 2. The summed E-state index contributed by atoms with van der Waals surface area (Å²) >= 11 is 0. The minimum Gasteiger partial charge on any atom is -0.507 e. The summed E-state index contributed by atoms with van der Waals surface area (Å²) < 4.78 is 1.94. The second-order valence-electron chi connectivity index (χ2n) is 4.53. The third kappa shape index (κ3) is 2.95. The van der Waals surface area contributed by atoms with Crippen molar-refractivity contribution in [3.63, 3.8) is 0 Å². The van der Waals surface area contributed by atoms with Gasteiger partial charge in [-0.3, -0.25) is 18.7 Å². The Morgan fingerprint density at radius 1 is 1.23 bits per heavy atom. The van der Waals surface area contributed by atoms with Crippen LogP contribution >= 0.6 is 0 Å². The minimum absolute atomic E-state index is 0.0153. The van der Waals surface area contributed by atoms with Gasteiger partial charge < -0.3 is 5.11 Å². The lowest BCUT2D eigenvalue weighted by Gasteiger charge is -2.07. The van der Waals surface area contributed by atoms with Gasteiger partial charge in [0.2, 0.25) is 0 Å². The van der Waals surface area contributed by atoms with Crippen molar-refractivity contribution < 1.29 is 9.90 Å². The first-order valence-electron chi connectivity index (χ1n) is 6.30. The molecular weight excluding hydrogens is 288 g/mol. The number of nitrogens with zero attached hydrogens (tertiary/aromatic N) is 3. The van der Waals surface area contributed by atoms with E-state index in [1.165, 1.54) is 26.4 Å². The van der Waals surface area contributed by atoms with Crippen LogP contribution in [0.2, 0.25) is 0 Å². The van der Waals surface area contributed by atoms with E-state index in [-0.39, 0.29) is 11.4 Å². The molecule has 0 fully saturated rings. The van der Waals surface area contributed by atoms with Crippen molar-refractivity contribution in [2.45, 2.75) is 0 Å². The van der Waals surface area contributed by atoms with E-state index in [4.69, 9.17) is 0 Å². The Kier molecular flexibility index (Phi) is 4.21.